The minimum atomic E-state index is 0.190. The zero-order chi connectivity index (χ0) is 12.1. The molecule has 0 fully saturated rings. The molecule has 1 aromatic rings. The smallest absolute Gasteiger partial charge is 0.0584 e. The van der Waals surface area contributed by atoms with Crippen molar-refractivity contribution in [3.05, 3.63) is 34.9 Å². The molecule has 0 amide bonds. The number of aliphatic hydroxyl groups excluding tert-OH is 1. The van der Waals surface area contributed by atoms with Gasteiger partial charge < -0.3 is 10.4 Å². The molecule has 2 nitrogen and oxygen atoms in total. The standard InChI is InChI=1S/C14H23NO/c1-5-13(9-16)15-12(4)14-7-6-10(2)8-11(14)3/h6-8,12-13,15-16H,5,9H2,1-4H3. The van der Waals surface area contributed by atoms with Gasteiger partial charge in [0.05, 0.1) is 6.61 Å². The molecule has 90 valence electrons. The summed E-state index contributed by atoms with van der Waals surface area (Å²) in [6, 6.07) is 6.99. The van der Waals surface area contributed by atoms with E-state index in [0.717, 1.165) is 6.42 Å². The predicted octanol–water partition coefficient (Wildman–Crippen LogP) is 2.72. The summed E-state index contributed by atoms with van der Waals surface area (Å²) in [4.78, 5) is 0. The van der Waals surface area contributed by atoms with E-state index in [2.05, 4.69) is 51.2 Å². The zero-order valence-electron chi connectivity index (χ0n) is 10.7. The molecule has 0 saturated carbocycles. The van der Waals surface area contributed by atoms with E-state index in [4.69, 9.17) is 0 Å². The maximum absolute atomic E-state index is 9.17. The van der Waals surface area contributed by atoms with Gasteiger partial charge in [-0.2, -0.15) is 0 Å². The first-order valence-corrected chi connectivity index (χ1v) is 6.02. The van der Waals surface area contributed by atoms with Crippen LogP contribution >= 0.6 is 0 Å². The minimum absolute atomic E-state index is 0.190. The van der Waals surface area contributed by atoms with Gasteiger partial charge in [0.2, 0.25) is 0 Å². The van der Waals surface area contributed by atoms with Crippen LogP contribution < -0.4 is 5.32 Å². The first-order chi connectivity index (χ1) is 7.58. The van der Waals surface area contributed by atoms with E-state index < -0.39 is 0 Å². The Hall–Kier alpha value is -0.860. The van der Waals surface area contributed by atoms with Crippen molar-refractivity contribution in [3.63, 3.8) is 0 Å². The third-order valence-electron chi connectivity index (χ3n) is 3.09. The SMILES string of the molecule is CCC(CO)NC(C)c1ccc(C)cc1C. The summed E-state index contributed by atoms with van der Waals surface area (Å²) in [7, 11) is 0. The largest absolute Gasteiger partial charge is 0.395 e. The lowest BCUT2D eigenvalue weighted by Gasteiger charge is -2.22. The van der Waals surface area contributed by atoms with Gasteiger partial charge >= 0.3 is 0 Å². The maximum atomic E-state index is 9.17. The quantitative estimate of drug-likeness (QED) is 0.801. The van der Waals surface area contributed by atoms with Crippen molar-refractivity contribution < 1.29 is 5.11 Å². The summed E-state index contributed by atoms with van der Waals surface area (Å²) in [5, 5.41) is 12.6. The van der Waals surface area contributed by atoms with Gasteiger partial charge in [0.15, 0.2) is 0 Å². The number of benzene rings is 1. The van der Waals surface area contributed by atoms with E-state index >= 15 is 0 Å². The fraction of sp³-hybridized carbons (Fsp3) is 0.571. The van der Waals surface area contributed by atoms with Crippen LogP contribution in [-0.4, -0.2) is 17.8 Å². The molecular formula is C14H23NO. The predicted molar refractivity (Wildman–Crippen MR) is 68.6 cm³/mol. The molecule has 1 aromatic carbocycles. The highest BCUT2D eigenvalue weighted by atomic mass is 16.3. The second-order valence-corrected chi connectivity index (χ2v) is 4.54. The Balaban J connectivity index is 2.76. The summed E-state index contributed by atoms with van der Waals surface area (Å²) in [5.74, 6) is 0. The molecule has 0 heterocycles. The average Bonchev–Trinajstić information content (AvgIpc) is 2.25. The van der Waals surface area contributed by atoms with Gasteiger partial charge in [-0.1, -0.05) is 30.7 Å². The molecule has 0 aliphatic rings. The molecule has 1 rings (SSSR count). The summed E-state index contributed by atoms with van der Waals surface area (Å²) in [5.41, 5.74) is 3.92. The third kappa shape index (κ3) is 3.32. The summed E-state index contributed by atoms with van der Waals surface area (Å²) in [6.07, 6.45) is 0.950. The number of aliphatic hydroxyl groups is 1. The number of rotatable bonds is 5. The van der Waals surface area contributed by atoms with Crippen molar-refractivity contribution in [1.82, 2.24) is 5.32 Å². The molecule has 0 aliphatic heterocycles. The fourth-order valence-corrected chi connectivity index (χ4v) is 2.05. The van der Waals surface area contributed by atoms with Crippen LogP contribution in [0.15, 0.2) is 18.2 Å². The summed E-state index contributed by atoms with van der Waals surface area (Å²) < 4.78 is 0. The van der Waals surface area contributed by atoms with Crippen LogP contribution in [0.1, 0.15) is 43.0 Å². The molecule has 0 saturated heterocycles. The first kappa shape index (κ1) is 13.2. The van der Waals surface area contributed by atoms with E-state index in [1.54, 1.807) is 0 Å². The first-order valence-electron chi connectivity index (χ1n) is 6.02. The topological polar surface area (TPSA) is 32.3 Å². The van der Waals surface area contributed by atoms with Gasteiger partial charge in [-0.05, 0) is 38.3 Å². The van der Waals surface area contributed by atoms with Gasteiger partial charge in [-0.3, -0.25) is 0 Å². The number of aryl methyl sites for hydroxylation is 2. The molecule has 0 aliphatic carbocycles. The van der Waals surface area contributed by atoms with Crippen LogP contribution in [-0.2, 0) is 0 Å². The summed E-state index contributed by atoms with van der Waals surface area (Å²) >= 11 is 0. The van der Waals surface area contributed by atoms with Gasteiger partial charge in [0, 0.05) is 12.1 Å². The molecule has 0 spiro atoms. The number of hydrogen-bond donors (Lipinski definition) is 2. The lowest BCUT2D eigenvalue weighted by molar-refractivity contribution is 0.230. The molecule has 0 radical (unpaired) electrons. The average molecular weight is 221 g/mol. The minimum Gasteiger partial charge on any atom is -0.395 e. The molecule has 0 aromatic heterocycles. The Labute approximate surface area is 98.7 Å². The Kier molecular flexibility index (Phi) is 4.97. The number of nitrogens with one attached hydrogen (secondary N) is 1. The summed E-state index contributed by atoms with van der Waals surface area (Å²) in [6.45, 7) is 8.68. The van der Waals surface area contributed by atoms with E-state index in [0.29, 0.717) is 0 Å². The molecule has 0 bridgehead atoms. The van der Waals surface area contributed by atoms with Crippen LogP contribution in [0.3, 0.4) is 0 Å². The van der Waals surface area contributed by atoms with Crippen LogP contribution in [0.25, 0.3) is 0 Å². The highest BCUT2D eigenvalue weighted by Gasteiger charge is 2.12. The van der Waals surface area contributed by atoms with Crippen molar-refractivity contribution >= 4 is 0 Å². The van der Waals surface area contributed by atoms with Crippen LogP contribution in [0.2, 0.25) is 0 Å². The molecule has 2 atom stereocenters. The van der Waals surface area contributed by atoms with Gasteiger partial charge in [0.1, 0.15) is 0 Å². The monoisotopic (exact) mass is 221 g/mol. The molecule has 2 heteroatoms. The number of hydrogen-bond acceptors (Lipinski definition) is 2. The lowest BCUT2D eigenvalue weighted by atomic mass is 9.99. The van der Waals surface area contributed by atoms with Gasteiger partial charge in [-0.25, -0.2) is 0 Å². The Morgan fingerprint density at radius 3 is 2.50 bits per heavy atom. The highest BCUT2D eigenvalue weighted by Crippen LogP contribution is 2.19. The van der Waals surface area contributed by atoms with Crippen molar-refractivity contribution in [1.29, 1.82) is 0 Å². The molecule has 2 N–H and O–H groups in total. The normalized spacial score (nSPS) is 14.8. The second kappa shape index (κ2) is 6.02. The van der Waals surface area contributed by atoms with Gasteiger partial charge in [-0.15, -0.1) is 0 Å². The van der Waals surface area contributed by atoms with E-state index in [-0.39, 0.29) is 18.7 Å². The van der Waals surface area contributed by atoms with Crippen molar-refractivity contribution in [2.75, 3.05) is 6.61 Å². The van der Waals surface area contributed by atoms with Crippen LogP contribution in [0.5, 0.6) is 0 Å². The van der Waals surface area contributed by atoms with E-state index in [1.807, 2.05) is 0 Å². The van der Waals surface area contributed by atoms with Gasteiger partial charge in [0.25, 0.3) is 0 Å². The van der Waals surface area contributed by atoms with Crippen LogP contribution in [0, 0.1) is 13.8 Å². The third-order valence-corrected chi connectivity index (χ3v) is 3.09. The molecule has 2 unspecified atom stereocenters. The Morgan fingerprint density at radius 2 is 2.00 bits per heavy atom. The maximum Gasteiger partial charge on any atom is 0.0584 e. The van der Waals surface area contributed by atoms with E-state index in [1.165, 1.54) is 16.7 Å². The second-order valence-electron chi connectivity index (χ2n) is 4.54. The zero-order valence-corrected chi connectivity index (χ0v) is 10.7. The van der Waals surface area contributed by atoms with Crippen molar-refractivity contribution in [2.45, 2.75) is 46.2 Å². The fourth-order valence-electron chi connectivity index (χ4n) is 2.05. The van der Waals surface area contributed by atoms with Crippen molar-refractivity contribution in [3.8, 4) is 0 Å². The Morgan fingerprint density at radius 1 is 1.31 bits per heavy atom. The van der Waals surface area contributed by atoms with E-state index in [9.17, 15) is 5.11 Å². The highest BCUT2D eigenvalue weighted by molar-refractivity contribution is 5.32. The molecular weight excluding hydrogens is 198 g/mol. The lowest BCUT2D eigenvalue weighted by Crippen LogP contribution is -2.34. The Bertz CT molecular complexity index is 332. The van der Waals surface area contributed by atoms with Crippen LogP contribution in [0.4, 0.5) is 0 Å². The van der Waals surface area contributed by atoms with Crippen molar-refractivity contribution in [2.24, 2.45) is 0 Å². The molecule has 16 heavy (non-hydrogen) atoms.